The first-order valence-electron chi connectivity index (χ1n) is 6.92. The van der Waals surface area contributed by atoms with Crippen LogP contribution >= 0.6 is 0 Å². The van der Waals surface area contributed by atoms with E-state index in [4.69, 9.17) is 11.5 Å². The smallest absolute Gasteiger partial charge is 0.0959 e. The number of H-pyrrole nitrogens is 1. The van der Waals surface area contributed by atoms with E-state index in [0.717, 1.165) is 36.3 Å². The molecule has 1 aliphatic carbocycles. The van der Waals surface area contributed by atoms with Gasteiger partial charge in [-0.15, -0.1) is 0 Å². The maximum absolute atomic E-state index is 5.88. The molecule has 1 atom stereocenters. The molecule has 4 heteroatoms. The summed E-state index contributed by atoms with van der Waals surface area (Å²) in [5.41, 5.74) is 17.2. The Bertz CT molecular complexity index is 573. The second-order valence-electron chi connectivity index (χ2n) is 5.26. The molecule has 5 N–H and O–H groups in total. The SMILES string of the molecule is NCCC1CCCc2[nH]nc(-c3cccc(N)c3)c21. The minimum absolute atomic E-state index is 0.531. The van der Waals surface area contributed by atoms with Crippen molar-refractivity contribution >= 4 is 5.69 Å². The first-order valence-corrected chi connectivity index (χ1v) is 6.92. The van der Waals surface area contributed by atoms with Crippen LogP contribution in [0.25, 0.3) is 11.3 Å². The molecule has 0 aliphatic heterocycles. The first-order chi connectivity index (χ1) is 9.29. The Morgan fingerprint density at radius 2 is 2.26 bits per heavy atom. The molecule has 3 rings (SSSR count). The zero-order chi connectivity index (χ0) is 13.2. The summed E-state index contributed by atoms with van der Waals surface area (Å²) in [4.78, 5) is 0. The number of rotatable bonds is 3. The fourth-order valence-corrected chi connectivity index (χ4v) is 3.08. The van der Waals surface area contributed by atoms with Gasteiger partial charge in [-0.25, -0.2) is 0 Å². The van der Waals surface area contributed by atoms with Crippen LogP contribution in [0, 0.1) is 0 Å². The van der Waals surface area contributed by atoms with Crippen LogP contribution in [0.1, 0.15) is 36.4 Å². The highest BCUT2D eigenvalue weighted by Gasteiger charge is 2.26. The molecule has 4 nitrogen and oxygen atoms in total. The van der Waals surface area contributed by atoms with Gasteiger partial charge in [0.2, 0.25) is 0 Å². The summed E-state index contributed by atoms with van der Waals surface area (Å²) in [5.74, 6) is 0.531. The van der Waals surface area contributed by atoms with E-state index in [1.807, 2.05) is 18.2 Å². The zero-order valence-corrected chi connectivity index (χ0v) is 11.0. The second-order valence-corrected chi connectivity index (χ2v) is 5.26. The van der Waals surface area contributed by atoms with Crippen LogP contribution in [0.2, 0.25) is 0 Å². The molecule has 0 bridgehead atoms. The molecule has 1 heterocycles. The molecule has 19 heavy (non-hydrogen) atoms. The van der Waals surface area contributed by atoms with E-state index < -0.39 is 0 Å². The number of benzene rings is 1. The van der Waals surface area contributed by atoms with Crippen molar-refractivity contribution in [1.29, 1.82) is 0 Å². The standard InChI is InChI=1S/C15H20N4/c16-8-7-10-3-2-6-13-14(10)15(19-18-13)11-4-1-5-12(17)9-11/h1,4-5,9-10H,2-3,6-8,16-17H2,(H,18,19). The lowest BCUT2D eigenvalue weighted by atomic mass is 9.82. The van der Waals surface area contributed by atoms with Gasteiger partial charge in [0.05, 0.1) is 5.69 Å². The van der Waals surface area contributed by atoms with Gasteiger partial charge in [-0.05, 0) is 50.3 Å². The van der Waals surface area contributed by atoms with Gasteiger partial charge >= 0.3 is 0 Å². The van der Waals surface area contributed by atoms with Gasteiger partial charge < -0.3 is 11.5 Å². The average Bonchev–Trinajstić information content (AvgIpc) is 2.84. The second kappa shape index (κ2) is 5.05. The molecule has 2 aromatic rings. The maximum Gasteiger partial charge on any atom is 0.0959 e. The van der Waals surface area contributed by atoms with E-state index in [1.165, 1.54) is 24.1 Å². The van der Waals surface area contributed by atoms with Crippen molar-refractivity contribution in [3.05, 3.63) is 35.5 Å². The van der Waals surface area contributed by atoms with Crippen LogP contribution in [-0.4, -0.2) is 16.7 Å². The average molecular weight is 256 g/mol. The number of hydrogen-bond acceptors (Lipinski definition) is 3. The third kappa shape index (κ3) is 2.24. The number of hydrogen-bond donors (Lipinski definition) is 3. The third-order valence-electron chi connectivity index (χ3n) is 3.95. The van der Waals surface area contributed by atoms with E-state index in [0.29, 0.717) is 5.92 Å². The van der Waals surface area contributed by atoms with Crippen molar-refractivity contribution in [2.45, 2.75) is 31.6 Å². The van der Waals surface area contributed by atoms with Crippen LogP contribution < -0.4 is 11.5 Å². The molecule has 0 spiro atoms. The Morgan fingerprint density at radius 1 is 1.37 bits per heavy atom. The number of anilines is 1. The summed E-state index contributed by atoms with van der Waals surface area (Å²) in [6.07, 6.45) is 4.54. The van der Waals surface area contributed by atoms with Crippen LogP contribution in [0.3, 0.4) is 0 Å². The van der Waals surface area contributed by atoms with Gasteiger partial charge in [0.1, 0.15) is 0 Å². The Balaban J connectivity index is 2.06. The van der Waals surface area contributed by atoms with E-state index in [9.17, 15) is 0 Å². The van der Waals surface area contributed by atoms with E-state index >= 15 is 0 Å². The molecule has 0 saturated heterocycles. The van der Waals surface area contributed by atoms with Crippen LogP contribution in [0.4, 0.5) is 5.69 Å². The fourth-order valence-electron chi connectivity index (χ4n) is 3.08. The number of nitrogens with one attached hydrogen (secondary N) is 1. The summed E-state index contributed by atoms with van der Waals surface area (Å²) in [7, 11) is 0. The van der Waals surface area contributed by atoms with Crippen LogP contribution in [0.5, 0.6) is 0 Å². The molecule has 1 aromatic carbocycles. The van der Waals surface area contributed by atoms with Gasteiger partial charge in [-0.1, -0.05) is 12.1 Å². The Labute approximate surface area is 113 Å². The molecule has 1 aromatic heterocycles. The van der Waals surface area contributed by atoms with Crippen LogP contribution in [-0.2, 0) is 6.42 Å². The Morgan fingerprint density at radius 3 is 3.05 bits per heavy atom. The highest BCUT2D eigenvalue weighted by Crippen LogP contribution is 2.39. The van der Waals surface area contributed by atoms with Gasteiger partial charge in [-0.2, -0.15) is 5.10 Å². The number of nitrogens with zero attached hydrogens (tertiary/aromatic N) is 1. The predicted octanol–water partition coefficient (Wildman–Crippen LogP) is 2.43. The number of nitrogens with two attached hydrogens (primary N) is 2. The lowest BCUT2D eigenvalue weighted by Crippen LogP contribution is -2.13. The summed E-state index contributed by atoms with van der Waals surface area (Å²) in [5, 5.41) is 7.72. The highest BCUT2D eigenvalue weighted by atomic mass is 15.1. The van der Waals surface area contributed by atoms with Gasteiger partial charge in [-0.3, -0.25) is 5.10 Å². The van der Waals surface area contributed by atoms with E-state index in [1.54, 1.807) is 0 Å². The lowest BCUT2D eigenvalue weighted by Gasteiger charge is -2.22. The third-order valence-corrected chi connectivity index (χ3v) is 3.95. The highest BCUT2D eigenvalue weighted by molar-refractivity contribution is 5.68. The van der Waals surface area contributed by atoms with Crippen molar-refractivity contribution in [1.82, 2.24) is 10.2 Å². The van der Waals surface area contributed by atoms with Gasteiger partial charge in [0, 0.05) is 22.5 Å². The molecule has 0 radical (unpaired) electrons. The number of aryl methyl sites for hydroxylation is 1. The maximum atomic E-state index is 5.88. The summed E-state index contributed by atoms with van der Waals surface area (Å²) in [6.45, 7) is 0.728. The lowest BCUT2D eigenvalue weighted by molar-refractivity contribution is 0.524. The van der Waals surface area contributed by atoms with Crippen molar-refractivity contribution in [3.63, 3.8) is 0 Å². The molecular formula is C15H20N4. The fraction of sp³-hybridized carbons (Fsp3) is 0.400. The van der Waals surface area contributed by atoms with Crippen molar-refractivity contribution in [3.8, 4) is 11.3 Å². The van der Waals surface area contributed by atoms with Crippen molar-refractivity contribution in [2.75, 3.05) is 12.3 Å². The molecule has 100 valence electrons. The summed E-state index contributed by atoms with van der Waals surface area (Å²) in [6, 6.07) is 7.94. The summed E-state index contributed by atoms with van der Waals surface area (Å²) < 4.78 is 0. The molecule has 1 aliphatic rings. The Hall–Kier alpha value is -1.81. The van der Waals surface area contributed by atoms with Crippen molar-refractivity contribution in [2.24, 2.45) is 5.73 Å². The molecular weight excluding hydrogens is 236 g/mol. The number of aromatic nitrogens is 2. The van der Waals surface area contributed by atoms with Gasteiger partial charge in [0.15, 0.2) is 0 Å². The topological polar surface area (TPSA) is 80.7 Å². The molecule has 0 saturated carbocycles. The largest absolute Gasteiger partial charge is 0.399 e. The quantitative estimate of drug-likeness (QED) is 0.738. The number of fused-ring (bicyclic) bond motifs is 1. The first kappa shape index (κ1) is 12.2. The van der Waals surface area contributed by atoms with Gasteiger partial charge in [0.25, 0.3) is 0 Å². The minimum atomic E-state index is 0.531. The molecule has 0 amide bonds. The van der Waals surface area contributed by atoms with E-state index in [-0.39, 0.29) is 0 Å². The number of nitrogen functional groups attached to an aromatic ring is 1. The van der Waals surface area contributed by atoms with E-state index in [2.05, 4.69) is 16.3 Å². The molecule has 1 unspecified atom stereocenters. The molecule has 0 fully saturated rings. The van der Waals surface area contributed by atoms with Crippen molar-refractivity contribution < 1.29 is 0 Å². The minimum Gasteiger partial charge on any atom is -0.399 e. The zero-order valence-electron chi connectivity index (χ0n) is 11.0. The van der Waals surface area contributed by atoms with Crippen LogP contribution in [0.15, 0.2) is 24.3 Å². The summed E-state index contributed by atoms with van der Waals surface area (Å²) >= 11 is 0. The predicted molar refractivity (Wildman–Crippen MR) is 77.8 cm³/mol. The normalized spacial score (nSPS) is 18.3. The monoisotopic (exact) mass is 256 g/mol. The Kier molecular flexibility index (Phi) is 3.25. The number of aromatic amines is 1.